The SMILES string of the molecule is Nc1nc2c(s1)C(C(=O)NCc1ccc(Cl)cc1Cl)CCC2. The summed E-state index contributed by atoms with van der Waals surface area (Å²) in [4.78, 5) is 17.8. The molecule has 0 spiro atoms. The van der Waals surface area contributed by atoms with Gasteiger partial charge in [-0.2, -0.15) is 0 Å². The molecule has 0 radical (unpaired) electrons. The Kier molecular flexibility index (Phi) is 4.57. The maximum atomic E-state index is 12.5. The number of halogens is 2. The third-order valence-electron chi connectivity index (χ3n) is 3.75. The van der Waals surface area contributed by atoms with Gasteiger partial charge >= 0.3 is 0 Å². The molecule has 1 aliphatic rings. The number of fused-ring (bicyclic) bond motifs is 1. The Morgan fingerprint density at radius 1 is 1.45 bits per heavy atom. The first-order chi connectivity index (χ1) is 10.5. The molecule has 0 bridgehead atoms. The van der Waals surface area contributed by atoms with E-state index < -0.39 is 0 Å². The number of hydrogen-bond acceptors (Lipinski definition) is 4. The van der Waals surface area contributed by atoms with Crippen LogP contribution in [0.5, 0.6) is 0 Å². The van der Waals surface area contributed by atoms with Gasteiger partial charge in [-0.25, -0.2) is 4.98 Å². The van der Waals surface area contributed by atoms with E-state index >= 15 is 0 Å². The van der Waals surface area contributed by atoms with E-state index in [0.29, 0.717) is 21.7 Å². The van der Waals surface area contributed by atoms with E-state index in [-0.39, 0.29) is 11.8 Å². The van der Waals surface area contributed by atoms with Crippen LogP contribution in [-0.4, -0.2) is 10.9 Å². The van der Waals surface area contributed by atoms with Gasteiger partial charge in [-0.1, -0.05) is 29.3 Å². The molecule has 0 saturated heterocycles. The Balaban J connectivity index is 1.70. The fraction of sp³-hybridized carbons (Fsp3) is 0.333. The van der Waals surface area contributed by atoms with E-state index in [1.807, 2.05) is 6.07 Å². The number of carbonyl (C=O) groups excluding carboxylic acids is 1. The molecule has 116 valence electrons. The zero-order chi connectivity index (χ0) is 15.7. The highest BCUT2D eigenvalue weighted by Gasteiger charge is 2.29. The molecule has 1 atom stereocenters. The molecule has 0 aliphatic heterocycles. The van der Waals surface area contributed by atoms with Crippen LogP contribution in [0.1, 0.15) is 34.9 Å². The van der Waals surface area contributed by atoms with Gasteiger partial charge in [-0.15, -0.1) is 11.3 Å². The highest BCUT2D eigenvalue weighted by Crippen LogP contribution is 2.36. The third-order valence-corrected chi connectivity index (χ3v) is 5.38. The first kappa shape index (κ1) is 15.6. The second-order valence-electron chi connectivity index (χ2n) is 5.26. The fourth-order valence-electron chi connectivity index (χ4n) is 2.66. The van der Waals surface area contributed by atoms with Gasteiger partial charge in [0.2, 0.25) is 5.91 Å². The number of anilines is 1. The number of rotatable bonds is 3. The van der Waals surface area contributed by atoms with E-state index in [1.54, 1.807) is 12.1 Å². The number of amides is 1. The van der Waals surface area contributed by atoms with Crippen molar-refractivity contribution < 1.29 is 4.79 Å². The maximum absolute atomic E-state index is 12.5. The largest absolute Gasteiger partial charge is 0.375 e. The summed E-state index contributed by atoms with van der Waals surface area (Å²) in [6.07, 6.45) is 2.68. The van der Waals surface area contributed by atoms with Crippen LogP contribution in [0.15, 0.2) is 18.2 Å². The molecule has 4 nitrogen and oxygen atoms in total. The highest BCUT2D eigenvalue weighted by molar-refractivity contribution is 7.15. The van der Waals surface area contributed by atoms with Crippen molar-refractivity contribution in [3.05, 3.63) is 44.4 Å². The van der Waals surface area contributed by atoms with Crippen molar-refractivity contribution in [3.63, 3.8) is 0 Å². The number of nitrogens with two attached hydrogens (primary N) is 1. The number of nitrogens with one attached hydrogen (secondary N) is 1. The van der Waals surface area contributed by atoms with Gasteiger partial charge in [0, 0.05) is 21.5 Å². The average molecular weight is 356 g/mol. The Morgan fingerprint density at radius 2 is 2.27 bits per heavy atom. The van der Waals surface area contributed by atoms with Gasteiger partial charge in [0.15, 0.2) is 5.13 Å². The van der Waals surface area contributed by atoms with E-state index in [9.17, 15) is 4.79 Å². The summed E-state index contributed by atoms with van der Waals surface area (Å²) in [6.45, 7) is 0.384. The molecule has 1 amide bonds. The van der Waals surface area contributed by atoms with Crippen LogP contribution >= 0.6 is 34.5 Å². The van der Waals surface area contributed by atoms with E-state index in [0.717, 1.165) is 35.4 Å². The summed E-state index contributed by atoms with van der Waals surface area (Å²) in [5.74, 6) is -0.166. The van der Waals surface area contributed by atoms with Crippen LogP contribution < -0.4 is 11.1 Å². The molecule has 1 unspecified atom stereocenters. The molecule has 1 heterocycles. The lowest BCUT2D eigenvalue weighted by molar-refractivity contribution is -0.123. The van der Waals surface area contributed by atoms with E-state index in [1.165, 1.54) is 11.3 Å². The summed E-state index contributed by atoms with van der Waals surface area (Å²) in [7, 11) is 0. The lowest BCUT2D eigenvalue weighted by atomic mass is 9.91. The normalized spacial score (nSPS) is 17.1. The Labute approximate surface area is 142 Å². The molecule has 7 heteroatoms. The zero-order valence-corrected chi connectivity index (χ0v) is 14.1. The summed E-state index contributed by atoms with van der Waals surface area (Å²) < 4.78 is 0. The predicted molar refractivity (Wildman–Crippen MR) is 90.5 cm³/mol. The molecule has 2 aromatic rings. The van der Waals surface area contributed by atoms with Crippen molar-refractivity contribution >= 4 is 45.6 Å². The standard InChI is InChI=1S/C15H15Cl2N3OS/c16-9-5-4-8(11(17)6-9)7-19-14(21)10-2-1-3-12-13(10)22-15(18)20-12/h4-6,10H,1-3,7H2,(H2,18,20)(H,19,21). The molecule has 1 aromatic carbocycles. The molecule has 1 aliphatic carbocycles. The number of nitrogen functional groups attached to an aromatic ring is 1. The van der Waals surface area contributed by atoms with Crippen molar-refractivity contribution in [2.75, 3.05) is 5.73 Å². The molecular formula is C15H15Cl2N3OS. The van der Waals surface area contributed by atoms with E-state index in [2.05, 4.69) is 10.3 Å². The van der Waals surface area contributed by atoms with Crippen LogP contribution in [0.3, 0.4) is 0 Å². The second kappa shape index (κ2) is 6.44. The number of nitrogens with zero attached hydrogens (tertiary/aromatic N) is 1. The number of aryl methyl sites for hydroxylation is 1. The summed E-state index contributed by atoms with van der Waals surface area (Å²) >= 11 is 13.4. The van der Waals surface area contributed by atoms with E-state index in [4.69, 9.17) is 28.9 Å². The van der Waals surface area contributed by atoms with Crippen molar-refractivity contribution in [2.24, 2.45) is 0 Å². The van der Waals surface area contributed by atoms with Gasteiger partial charge in [-0.05, 0) is 37.0 Å². The molecule has 22 heavy (non-hydrogen) atoms. The molecular weight excluding hydrogens is 341 g/mol. The van der Waals surface area contributed by atoms with Gasteiger partial charge in [0.05, 0.1) is 11.6 Å². The van der Waals surface area contributed by atoms with Gasteiger partial charge in [0.1, 0.15) is 0 Å². The molecule has 1 aromatic heterocycles. The molecule has 3 N–H and O–H groups in total. The van der Waals surface area contributed by atoms with Crippen molar-refractivity contribution in [1.82, 2.24) is 10.3 Å². The summed E-state index contributed by atoms with van der Waals surface area (Å²) in [5.41, 5.74) is 7.58. The van der Waals surface area contributed by atoms with Crippen LogP contribution in [0.25, 0.3) is 0 Å². The van der Waals surface area contributed by atoms with Crippen molar-refractivity contribution in [2.45, 2.75) is 31.7 Å². The first-order valence-corrected chi connectivity index (χ1v) is 8.58. The maximum Gasteiger partial charge on any atom is 0.228 e. The minimum atomic E-state index is -0.162. The fourth-order valence-corrected chi connectivity index (χ4v) is 4.15. The first-order valence-electron chi connectivity index (χ1n) is 7.01. The van der Waals surface area contributed by atoms with Gasteiger partial charge < -0.3 is 11.1 Å². The number of aromatic nitrogens is 1. The number of hydrogen-bond donors (Lipinski definition) is 2. The quantitative estimate of drug-likeness (QED) is 0.880. The molecule has 0 saturated carbocycles. The minimum Gasteiger partial charge on any atom is -0.375 e. The second-order valence-corrected chi connectivity index (χ2v) is 7.17. The number of thiazole rings is 1. The average Bonchev–Trinajstić information content (AvgIpc) is 2.86. The third kappa shape index (κ3) is 3.21. The number of carbonyl (C=O) groups is 1. The lowest BCUT2D eigenvalue weighted by Crippen LogP contribution is -2.30. The zero-order valence-electron chi connectivity index (χ0n) is 11.7. The Bertz CT molecular complexity index is 717. The predicted octanol–water partition coefficient (Wildman–Crippen LogP) is 3.77. The highest BCUT2D eigenvalue weighted by atomic mass is 35.5. The van der Waals surface area contributed by atoms with Crippen LogP contribution in [-0.2, 0) is 17.8 Å². The Morgan fingerprint density at radius 3 is 3.05 bits per heavy atom. The monoisotopic (exact) mass is 355 g/mol. The smallest absolute Gasteiger partial charge is 0.228 e. The lowest BCUT2D eigenvalue weighted by Gasteiger charge is -2.20. The molecule has 3 rings (SSSR count). The van der Waals surface area contributed by atoms with Crippen molar-refractivity contribution in [1.29, 1.82) is 0 Å². The van der Waals surface area contributed by atoms with Crippen molar-refractivity contribution in [3.8, 4) is 0 Å². The molecule has 0 fully saturated rings. The van der Waals surface area contributed by atoms with Crippen LogP contribution in [0, 0.1) is 0 Å². The Hall–Kier alpha value is -1.30. The topological polar surface area (TPSA) is 68.0 Å². The van der Waals surface area contributed by atoms with Crippen LogP contribution in [0.4, 0.5) is 5.13 Å². The summed E-state index contributed by atoms with van der Waals surface area (Å²) in [5, 5.41) is 4.62. The van der Waals surface area contributed by atoms with Gasteiger partial charge in [-0.3, -0.25) is 4.79 Å². The minimum absolute atomic E-state index is 0.00406. The summed E-state index contributed by atoms with van der Waals surface area (Å²) in [6, 6.07) is 5.26. The van der Waals surface area contributed by atoms with Gasteiger partial charge in [0.25, 0.3) is 0 Å². The van der Waals surface area contributed by atoms with Crippen LogP contribution in [0.2, 0.25) is 10.0 Å². The number of benzene rings is 1.